The minimum atomic E-state index is 0.0446. The second-order valence-corrected chi connectivity index (χ2v) is 5.39. The number of nitriles is 1. The lowest BCUT2D eigenvalue weighted by atomic mass is 10.1. The Bertz CT molecular complexity index is 694. The van der Waals surface area contributed by atoms with Crippen molar-refractivity contribution in [1.29, 1.82) is 5.26 Å². The van der Waals surface area contributed by atoms with E-state index in [1.54, 1.807) is 24.3 Å². The number of aromatic nitrogens is 1. The molecule has 1 aliphatic rings. The van der Waals surface area contributed by atoms with E-state index in [9.17, 15) is 4.79 Å². The van der Waals surface area contributed by atoms with Crippen molar-refractivity contribution in [1.82, 2.24) is 9.47 Å². The number of benzene rings is 1. The molecular weight excluding hydrogens is 262 g/mol. The maximum atomic E-state index is 12.7. The molecule has 1 aliphatic heterocycles. The Morgan fingerprint density at radius 2 is 2.05 bits per heavy atom. The van der Waals surface area contributed by atoms with Gasteiger partial charge in [0.2, 0.25) is 0 Å². The Labute approximate surface area is 124 Å². The van der Waals surface area contributed by atoms with Crippen LogP contribution >= 0.6 is 0 Å². The monoisotopic (exact) mass is 279 g/mol. The summed E-state index contributed by atoms with van der Waals surface area (Å²) in [6, 6.07) is 13.2. The molecule has 21 heavy (non-hydrogen) atoms. The molecule has 1 fully saturated rings. The Kier molecular flexibility index (Phi) is 3.49. The Balaban J connectivity index is 1.86. The van der Waals surface area contributed by atoms with Gasteiger partial charge in [0.1, 0.15) is 0 Å². The van der Waals surface area contributed by atoms with Crippen LogP contribution in [0.15, 0.2) is 42.6 Å². The van der Waals surface area contributed by atoms with Gasteiger partial charge in [0.25, 0.3) is 5.91 Å². The molecule has 0 bridgehead atoms. The molecule has 0 radical (unpaired) electrons. The first-order valence-electron chi connectivity index (χ1n) is 7.13. The first-order chi connectivity index (χ1) is 10.2. The van der Waals surface area contributed by atoms with Crippen LogP contribution < -0.4 is 0 Å². The van der Waals surface area contributed by atoms with E-state index < -0.39 is 0 Å². The number of carbonyl (C=O) groups excluding carboxylic acids is 1. The second kappa shape index (κ2) is 5.45. The highest BCUT2D eigenvalue weighted by atomic mass is 16.2. The zero-order chi connectivity index (χ0) is 14.8. The average Bonchev–Trinajstić information content (AvgIpc) is 3.14. The summed E-state index contributed by atoms with van der Waals surface area (Å²) >= 11 is 0. The average molecular weight is 279 g/mol. The van der Waals surface area contributed by atoms with Crippen molar-refractivity contribution in [2.24, 2.45) is 7.05 Å². The van der Waals surface area contributed by atoms with Crippen molar-refractivity contribution < 1.29 is 4.79 Å². The summed E-state index contributed by atoms with van der Waals surface area (Å²) in [6.07, 6.45) is 4.04. The third-order valence-corrected chi connectivity index (χ3v) is 4.10. The molecule has 1 unspecified atom stereocenters. The largest absolute Gasteiger partial charge is 0.353 e. The smallest absolute Gasteiger partial charge is 0.254 e. The van der Waals surface area contributed by atoms with Crippen molar-refractivity contribution in [3.05, 3.63) is 59.4 Å². The Morgan fingerprint density at radius 3 is 2.67 bits per heavy atom. The SMILES string of the molecule is Cn1cccc1C1CCCN1C(=O)c1ccc(C#N)cc1. The summed E-state index contributed by atoms with van der Waals surface area (Å²) in [4.78, 5) is 14.6. The Morgan fingerprint density at radius 1 is 1.29 bits per heavy atom. The number of likely N-dealkylation sites (tertiary alicyclic amines) is 1. The number of carbonyl (C=O) groups is 1. The van der Waals surface area contributed by atoms with E-state index in [0.29, 0.717) is 11.1 Å². The molecule has 2 aromatic rings. The summed E-state index contributed by atoms with van der Waals surface area (Å²) in [5, 5.41) is 8.83. The molecule has 0 aliphatic carbocycles. The lowest BCUT2D eigenvalue weighted by Gasteiger charge is -2.25. The highest BCUT2D eigenvalue weighted by Gasteiger charge is 2.31. The van der Waals surface area contributed by atoms with Gasteiger partial charge in [-0.05, 0) is 49.2 Å². The van der Waals surface area contributed by atoms with E-state index >= 15 is 0 Å². The van der Waals surface area contributed by atoms with E-state index in [4.69, 9.17) is 5.26 Å². The van der Waals surface area contributed by atoms with E-state index in [1.165, 1.54) is 5.69 Å². The minimum absolute atomic E-state index is 0.0446. The highest BCUT2D eigenvalue weighted by Crippen LogP contribution is 2.33. The fourth-order valence-corrected chi connectivity index (χ4v) is 2.99. The molecule has 0 N–H and O–H groups in total. The molecular formula is C17H17N3O. The van der Waals surface area contributed by atoms with E-state index in [0.717, 1.165) is 19.4 Å². The molecule has 4 heteroatoms. The van der Waals surface area contributed by atoms with Gasteiger partial charge in [-0.15, -0.1) is 0 Å². The van der Waals surface area contributed by atoms with Gasteiger partial charge in [-0.1, -0.05) is 0 Å². The number of aryl methyl sites for hydroxylation is 1. The molecule has 1 atom stereocenters. The summed E-state index contributed by atoms with van der Waals surface area (Å²) in [6.45, 7) is 0.786. The van der Waals surface area contributed by atoms with Gasteiger partial charge in [0.15, 0.2) is 0 Å². The van der Waals surface area contributed by atoms with Crippen LogP contribution in [-0.4, -0.2) is 21.9 Å². The van der Waals surface area contributed by atoms with E-state index in [2.05, 4.69) is 16.7 Å². The molecule has 1 aromatic heterocycles. The van der Waals surface area contributed by atoms with Gasteiger partial charge in [0, 0.05) is 31.0 Å². The van der Waals surface area contributed by atoms with Crippen LogP contribution in [0, 0.1) is 11.3 Å². The molecule has 2 heterocycles. The topological polar surface area (TPSA) is 49.0 Å². The maximum absolute atomic E-state index is 12.7. The van der Waals surface area contributed by atoms with Crippen molar-refractivity contribution >= 4 is 5.91 Å². The van der Waals surface area contributed by atoms with Crippen molar-refractivity contribution in [3.8, 4) is 6.07 Å². The molecule has 1 amide bonds. The molecule has 106 valence electrons. The summed E-state index contributed by atoms with van der Waals surface area (Å²) in [5.74, 6) is 0.0446. The summed E-state index contributed by atoms with van der Waals surface area (Å²) in [7, 11) is 2.01. The van der Waals surface area contributed by atoms with E-state index in [-0.39, 0.29) is 11.9 Å². The third-order valence-electron chi connectivity index (χ3n) is 4.10. The quantitative estimate of drug-likeness (QED) is 0.848. The minimum Gasteiger partial charge on any atom is -0.353 e. The van der Waals surface area contributed by atoms with Crippen LogP contribution in [-0.2, 0) is 7.05 Å². The molecule has 1 aromatic carbocycles. The number of nitrogens with zero attached hydrogens (tertiary/aromatic N) is 3. The predicted octanol–water partition coefficient (Wildman–Crippen LogP) is 2.87. The second-order valence-electron chi connectivity index (χ2n) is 5.39. The van der Waals surface area contributed by atoms with Crippen molar-refractivity contribution in [3.63, 3.8) is 0 Å². The molecule has 4 nitrogen and oxygen atoms in total. The maximum Gasteiger partial charge on any atom is 0.254 e. The molecule has 0 spiro atoms. The molecule has 3 rings (SSSR count). The van der Waals surface area contributed by atoms with Gasteiger partial charge in [-0.3, -0.25) is 4.79 Å². The fourth-order valence-electron chi connectivity index (χ4n) is 2.99. The van der Waals surface area contributed by atoms with Crippen LogP contribution in [0.4, 0.5) is 0 Å². The third kappa shape index (κ3) is 2.43. The number of hydrogen-bond donors (Lipinski definition) is 0. The van der Waals surface area contributed by atoms with Gasteiger partial charge in [-0.2, -0.15) is 5.26 Å². The number of rotatable bonds is 2. The fraction of sp³-hybridized carbons (Fsp3) is 0.294. The number of amides is 1. The summed E-state index contributed by atoms with van der Waals surface area (Å²) in [5.41, 5.74) is 2.40. The van der Waals surface area contributed by atoms with Crippen LogP contribution in [0.3, 0.4) is 0 Å². The zero-order valence-electron chi connectivity index (χ0n) is 12.0. The van der Waals surface area contributed by atoms with Crippen LogP contribution in [0.2, 0.25) is 0 Å². The van der Waals surface area contributed by atoms with Crippen LogP contribution in [0.25, 0.3) is 0 Å². The first kappa shape index (κ1) is 13.4. The molecule has 0 saturated carbocycles. The Hall–Kier alpha value is -2.54. The highest BCUT2D eigenvalue weighted by molar-refractivity contribution is 5.94. The van der Waals surface area contributed by atoms with Crippen molar-refractivity contribution in [2.75, 3.05) is 6.54 Å². The van der Waals surface area contributed by atoms with Gasteiger partial charge < -0.3 is 9.47 Å². The van der Waals surface area contributed by atoms with Gasteiger partial charge in [-0.25, -0.2) is 0 Å². The van der Waals surface area contributed by atoms with Gasteiger partial charge in [0.05, 0.1) is 17.7 Å². The first-order valence-corrected chi connectivity index (χ1v) is 7.13. The predicted molar refractivity (Wildman–Crippen MR) is 79.6 cm³/mol. The molecule has 1 saturated heterocycles. The van der Waals surface area contributed by atoms with Crippen molar-refractivity contribution in [2.45, 2.75) is 18.9 Å². The zero-order valence-corrected chi connectivity index (χ0v) is 12.0. The van der Waals surface area contributed by atoms with Gasteiger partial charge >= 0.3 is 0 Å². The lowest BCUT2D eigenvalue weighted by molar-refractivity contribution is 0.0731. The number of hydrogen-bond acceptors (Lipinski definition) is 2. The van der Waals surface area contributed by atoms with E-state index in [1.807, 2.05) is 24.2 Å². The summed E-state index contributed by atoms with van der Waals surface area (Å²) < 4.78 is 2.08. The van der Waals surface area contributed by atoms with Crippen LogP contribution in [0.1, 0.15) is 40.5 Å². The lowest BCUT2D eigenvalue weighted by Crippen LogP contribution is -2.31. The normalized spacial score (nSPS) is 17.7. The standard InChI is InChI=1S/C17H17N3O/c1-19-10-2-4-15(19)16-5-3-11-20(16)17(21)14-8-6-13(12-18)7-9-14/h2,4,6-10,16H,3,5,11H2,1H3. The van der Waals surface area contributed by atoms with Crippen LogP contribution in [0.5, 0.6) is 0 Å².